The summed E-state index contributed by atoms with van der Waals surface area (Å²) in [5, 5.41) is 0. The highest BCUT2D eigenvalue weighted by atomic mass is 16.2. The zero-order valence-corrected chi connectivity index (χ0v) is 9.45. The van der Waals surface area contributed by atoms with Crippen LogP contribution in [0.5, 0.6) is 0 Å². The van der Waals surface area contributed by atoms with Gasteiger partial charge in [-0.25, -0.2) is 0 Å². The summed E-state index contributed by atoms with van der Waals surface area (Å²) in [6.07, 6.45) is 0.744. The first kappa shape index (κ1) is 11.9. The summed E-state index contributed by atoms with van der Waals surface area (Å²) >= 11 is 0. The number of nitrogens with zero attached hydrogens (tertiary/aromatic N) is 1. The molecule has 0 aromatic carbocycles. The lowest BCUT2D eigenvalue weighted by Crippen LogP contribution is -2.46. The van der Waals surface area contributed by atoms with E-state index < -0.39 is 0 Å². The van der Waals surface area contributed by atoms with Crippen molar-refractivity contribution >= 4 is 17.6 Å². The van der Waals surface area contributed by atoms with Gasteiger partial charge in [-0.05, 0) is 5.92 Å². The number of Topliss-reactive ketones (excluding diaryl/α,β-unsaturated/α-hetero) is 1. The summed E-state index contributed by atoms with van der Waals surface area (Å²) in [7, 11) is 0. The van der Waals surface area contributed by atoms with Crippen LogP contribution < -0.4 is 0 Å². The molecule has 1 saturated heterocycles. The van der Waals surface area contributed by atoms with E-state index >= 15 is 0 Å². The molecule has 0 bridgehead atoms. The van der Waals surface area contributed by atoms with Crippen molar-refractivity contribution in [1.82, 2.24) is 4.90 Å². The lowest BCUT2D eigenvalue weighted by Gasteiger charge is -2.28. The van der Waals surface area contributed by atoms with Crippen LogP contribution in [0.3, 0.4) is 0 Å². The zero-order chi connectivity index (χ0) is 11.6. The third kappa shape index (κ3) is 2.88. The number of hydrogen-bond acceptors (Lipinski definition) is 3. The van der Waals surface area contributed by atoms with E-state index in [1.165, 1.54) is 0 Å². The van der Waals surface area contributed by atoms with Crippen LogP contribution in [0.25, 0.3) is 0 Å². The van der Waals surface area contributed by atoms with E-state index in [2.05, 4.69) is 0 Å². The smallest absolute Gasteiger partial charge is 0.229 e. The maximum Gasteiger partial charge on any atom is 0.229 e. The van der Waals surface area contributed by atoms with Crippen molar-refractivity contribution in [3.63, 3.8) is 0 Å². The Labute approximate surface area is 89.6 Å². The fourth-order valence-corrected chi connectivity index (χ4v) is 1.54. The Hall–Kier alpha value is -1.19. The summed E-state index contributed by atoms with van der Waals surface area (Å²) in [6.45, 7) is 5.35. The fraction of sp³-hybridized carbons (Fsp3) is 0.727. The largest absolute Gasteiger partial charge is 0.297 e. The van der Waals surface area contributed by atoms with Crippen molar-refractivity contribution in [3.8, 4) is 0 Å². The van der Waals surface area contributed by atoms with Gasteiger partial charge in [0, 0.05) is 18.8 Å². The van der Waals surface area contributed by atoms with Crippen LogP contribution in [0.15, 0.2) is 0 Å². The highest BCUT2D eigenvalue weighted by molar-refractivity contribution is 6.01. The van der Waals surface area contributed by atoms with Crippen molar-refractivity contribution in [2.75, 3.05) is 6.54 Å². The van der Waals surface area contributed by atoms with E-state index in [1.54, 1.807) is 13.8 Å². The molecule has 4 nitrogen and oxygen atoms in total. The molecule has 1 heterocycles. The first-order valence-electron chi connectivity index (χ1n) is 5.27. The molecule has 84 valence electrons. The molecule has 0 aliphatic carbocycles. The Morgan fingerprint density at radius 2 is 1.80 bits per heavy atom. The van der Waals surface area contributed by atoms with Crippen LogP contribution in [0, 0.1) is 11.8 Å². The molecule has 0 saturated carbocycles. The van der Waals surface area contributed by atoms with E-state index in [0.29, 0.717) is 12.8 Å². The molecule has 2 amide bonds. The summed E-state index contributed by atoms with van der Waals surface area (Å²) in [5.74, 6) is -0.521. The molecule has 1 aliphatic rings. The number of hydrogen-bond donors (Lipinski definition) is 0. The maximum absolute atomic E-state index is 11.5. The van der Waals surface area contributed by atoms with Gasteiger partial charge in [0.25, 0.3) is 0 Å². The van der Waals surface area contributed by atoms with E-state index in [9.17, 15) is 14.4 Å². The molecule has 0 aromatic rings. The maximum atomic E-state index is 11.5. The van der Waals surface area contributed by atoms with Crippen LogP contribution >= 0.6 is 0 Å². The number of carbonyl (C=O) groups is 3. The number of piperidine rings is 1. The van der Waals surface area contributed by atoms with Crippen molar-refractivity contribution in [3.05, 3.63) is 0 Å². The highest BCUT2D eigenvalue weighted by Crippen LogP contribution is 2.18. The SMILES string of the molecule is CC1CC(=O)N(CC(=O)C(C)C)C(=O)C1. The molecular weight excluding hydrogens is 194 g/mol. The number of amides is 2. The van der Waals surface area contributed by atoms with Gasteiger partial charge in [-0.15, -0.1) is 0 Å². The second-order valence-corrected chi connectivity index (χ2v) is 4.51. The Morgan fingerprint density at radius 3 is 2.20 bits per heavy atom. The van der Waals surface area contributed by atoms with Crippen LogP contribution in [-0.4, -0.2) is 29.0 Å². The quantitative estimate of drug-likeness (QED) is 0.654. The molecule has 1 rings (SSSR count). The minimum absolute atomic E-state index is 0.0535. The van der Waals surface area contributed by atoms with E-state index in [1.807, 2.05) is 6.92 Å². The van der Waals surface area contributed by atoms with Gasteiger partial charge >= 0.3 is 0 Å². The molecule has 1 aliphatic heterocycles. The Kier molecular flexibility index (Phi) is 3.61. The molecular formula is C11H17NO3. The minimum Gasteiger partial charge on any atom is -0.297 e. The Morgan fingerprint density at radius 1 is 1.33 bits per heavy atom. The third-order valence-corrected chi connectivity index (χ3v) is 2.61. The minimum atomic E-state index is -0.215. The predicted octanol–water partition coefficient (Wildman–Crippen LogP) is 0.997. The highest BCUT2D eigenvalue weighted by Gasteiger charge is 2.31. The summed E-state index contributed by atoms with van der Waals surface area (Å²) in [5.41, 5.74) is 0. The fourth-order valence-electron chi connectivity index (χ4n) is 1.54. The van der Waals surface area contributed by atoms with Gasteiger partial charge in [0.05, 0.1) is 6.54 Å². The average Bonchev–Trinajstić information content (AvgIpc) is 2.10. The lowest BCUT2D eigenvalue weighted by molar-refractivity contribution is -0.152. The first-order valence-corrected chi connectivity index (χ1v) is 5.27. The summed E-state index contributed by atoms with van der Waals surface area (Å²) in [4.78, 5) is 35.6. The monoisotopic (exact) mass is 211 g/mol. The summed E-state index contributed by atoms with van der Waals surface area (Å²) < 4.78 is 0. The molecule has 0 N–H and O–H groups in total. The lowest BCUT2D eigenvalue weighted by atomic mass is 9.97. The second-order valence-electron chi connectivity index (χ2n) is 4.51. The number of rotatable bonds is 3. The van der Waals surface area contributed by atoms with Crippen molar-refractivity contribution in [2.24, 2.45) is 11.8 Å². The van der Waals surface area contributed by atoms with Gasteiger partial charge in [0.15, 0.2) is 5.78 Å². The predicted molar refractivity (Wildman–Crippen MR) is 55.0 cm³/mol. The Balaban J connectivity index is 2.65. The Bertz CT molecular complexity index is 278. The number of imide groups is 1. The van der Waals surface area contributed by atoms with E-state index in [0.717, 1.165) is 4.90 Å². The molecule has 0 radical (unpaired) electrons. The average molecular weight is 211 g/mol. The van der Waals surface area contributed by atoms with Gasteiger partial charge in [-0.3, -0.25) is 19.3 Å². The number of likely N-dealkylation sites (tertiary alicyclic amines) is 1. The molecule has 4 heteroatoms. The van der Waals surface area contributed by atoms with Crippen LogP contribution in [0.2, 0.25) is 0 Å². The second kappa shape index (κ2) is 4.55. The summed E-state index contributed by atoms with van der Waals surface area (Å²) in [6, 6.07) is 0. The van der Waals surface area contributed by atoms with Gasteiger partial charge in [-0.2, -0.15) is 0 Å². The topological polar surface area (TPSA) is 54.5 Å². The van der Waals surface area contributed by atoms with Gasteiger partial charge in [-0.1, -0.05) is 20.8 Å². The molecule has 0 unspecified atom stereocenters. The number of ketones is 1. The molecule has 0 spiro atoms. The standard InChI is InChI=1S/C11H17NO3/c1-7(2)9(13)6-12-10(14)4-8(3)5-11(12)15/h7-8H,4-6H2,1-3H3. The van der Waals surface area contributed by atoms with Gasteiger partial charge < -0.3 is 0 Å². The first-order chi connectivity index (χ1) is 6.91. The van der Waals surface area contributed by atoms with Crippen LogP contribution in [0.1, 0.15) is 33.6 Å². The van der Waals surface area contributed by atoms with Gasteiger partial charge in [0.2, 0.25) is 11.8 Å². The normalized spacial score (nSPS) is 18.8. The molecule has 0 atom stereocenters. The number of carbonyl (C=O) groups excluding carboxylic acids is 3. The van der Waals surface area contributed by atoms with Crippen LogP contribution in [0.4, 0.5) is 0 Å². The zero-order valence-electron chi connectivity index (χ0n) is 9.45. The molecule has 15 heavy (non-hydrogen) atoms. The van der Waals surface area contributed by atoms with Crippen molar-refractivity contribution in [1.29, 1.82) is 0 Å². The van der Waals surface area contributed by atoms with Crippen molar-refractivity contribution < 1.29 is 14.4 Å². The van der Waals surface area contributed by atoms with E-state index in [-0.39, 0.29) is 36.0 Å². The molecule has 0 aromatic heterocycles. The van der Waals surface area contributed by atoms with Crippen LogP contribution in [-0.2, 0) is 14.4 Å². The van der Waals surface area contributed by atoms with E-state index in [4.69, 9.17) is 0 Å². The molecule has 1 fully saturated rings. The van der Waals surface area contributed by atoms with Crippen molar-refractivity contribution in [2.45, 2.75) is 33.6 Å². The van der Waals surface area contributed by atoms with Gasteiger partial charge in [0.1, 0.15) is 0 Å². The third-order valence-electron chi connectivity index (χ3n) is 2.61.